The summed E-state index contributed by atoms with van der Waals surface area (Å²) in [4.78, 5) is 132. The van der Waals surface area contributed by atoms with Gasteiger partial charge in [-0.05, 0) is 111 Å². The second-order valence-electron chi connectivity index (χ2n) is 18.5. The van der Waals surface area contributed by atoms with Crippen LogP contribution in [0.15, 0.2) is 60.7 Å². The number of hydrogen-bond donors (Lipinski definition) is 4. The predicted octanol–water partition coefficient (Wildman–Crippen LogP) is 4.20. The van der Waals surface area contributed by atoms with Crippen LogP contribution in [0.3, 0.4) is 0 Å². The van der Waals surface area contributed by atoms with E-state index in [4.69, 9.17) is 14.2 Å². The van der Waals surface area contributed by atoms with E-state index in [0.717, 1.165) is 22.4 Å². The number of piperidine rings is 2. The molecule has 8 amide bonds. The van der Waals surface area contributed by atoms with E-state index in [-0.39, 0.29) is 60.9 Å². The number of imide groups is 2. The first-order chi connectivity index (χ1) is 34.0. The van der Waals surface area contributed by atoms with Crippen LogP contribution in [0.4, 0.5) is 5.69 Å². The zero-order chi connectivity index (χ0) is 51.4. The van der Waals surface area contributed by atoms with Crippen molar-refractivity contribution in [1.82, 2.24) is 25.8 Å². The summed E-state index contributed by atoms with van der Waals surface area (Å²) in [5.74, 6) is -5.57. The predicted molar refractivity (Wildman–Crippen MR) is 258 cm³/mol. The largest absolute Gasteiger partial charge is 0.493 e. The Bertz CT molecular complexity index is 2580. The molecule has 0 spiro atoms. The summed E-state index contributed by atoms with van der Waals surface area (Å²) in [6.07, 6.45) is 4.25. The van der Waals surface area contributed by atoms with E-state index in [9.17, 15) is 47.9 Å². The van der Waals surface area contributed by atoms with Gasteiger partial charge in [-0.15, -0.1) is 0 Å². The zero-order valence-corrected chi connectivity index (χ0v) is 40.8. The minimum atomic E-state index is -1.15. The molecule has 2 fully saturated rings. The van der Waals surface area contributed by atoms with E-state index in [1.54, 1.807) is 46.3 Å². The minimum absolute atomic E-state index is 0.00567. The summed E-state index contributed by atoms with van der Waals surface area (Å²) < 4.78 is 16.5. The van der Waals surface area contributed by atoms with E-state index < -0.39 is 77.1 Å². The van der Waals surface area contributed by atoms with Crippen LogP contribution >= 0.6 is 0 Å². The van der Waals surface area contributed by atoms with Gasteiger partial charge in [-0.2, -0.15) is 0 Å². The highest BCUT2D eigenvalue weighted by Crippen LogP contribution is 2.35. The quantitative estimate of drug-likeness (QED) is 0.0627. The van der Waals surface area contributed by atoms with Gasteiger partial charge in [0.05, 0.1) is 31.4 Å². The molecule has 0 saturated carbocycles. The summed E-state index contributed by atoms with van der Waals surface area (Å²) in [5, 5.41) is 10.0. The highest BCUT2D eigenvalue weighted by molar-refractivity contribution is 6.39. The lowest BCUT2D eigenvalue weighted by Crippen LogP contribution is -2.54. The van der Waals surface area contributed by atoms with Crippen molar-refractivity contribution in [2.75, 3.05) is 45.8 Å². The number of aryl methyl sites for hydroxylation is 1. The molecule has 0 radical (unpaired) electrons. The van der Waals surface area contributed by atoms with Gasteiger partial charge in [0, 0.05) is 43.6 Å². The van der Waals surface area contributed by atoms with E-state index >= 15 is 0 Å². The molecule has 3 aromatic carbocycles. The van der Waals surface area contributed by atoms with Crippen LogP contribution in [-0.2, 0) is 44.8 Å². The Labute approximate surface area is 412 Å². The smallest absolute Gasteiger partial charge is 0.313 e. The molecule has 19 heteroatoms. The number of benzene rings is 3. The van der Waals surface area contributed by atoms with Crippen molar-refractivity contribution in [2.24, 2.45) is 5.41 Å². The van der Waals surface area contributed by atoms with Crippen LogP contribution in [0.2, 0.25) is 0 Å². The fourth-order valence-corrected chi connectivity index (χ4v) is 8.85. The first kappa shape index (κ1) is 52.9. The fourth-order valence-electron chi connectivity index (χ4n) is 8.85. The molecule has 3 atom stereocenters. The van der Waals surface area contributed by atoms with E-state index in [2.05, 4.69) is 21.3 Å². The molecule has 0 aliphatic carbocycles. The lowest BCUT2D eigenvalue weighted by molar-refractivity contribution is -0.153. The number of fused-ring (bicyclic) bond motifs is 1. The number of unbranched alkanes of at least 4 members (excludes halogenated alkanes) is 1. The molecule has 2 saturated heterocycles. The molecule has 19 nitrogen and oxygen atoms in total. The van der Waals surface area contributed by atoms with Crippen molar-refractivity contribution in [2.45, 2.75) is 109 Å². The second-order valence-corrected chi connectivity index (χ2v) is 18.5. The molecular weight excluding hydrogens is 917 g/mol. The summed E-state index contributed by atoms with van der Waals surface area (Å²) in [6, 6.07) is 15.0. The Hall–Kier alpha value is -7.44. The van der Waals surface area contributed by atoms with Gasteiger partial charge in [0.25, 0.3) is 23.6 Å². The molecule has 3 heterocycles. The third kappa shape index (κ3) is 12.9. The number of nitrogens with zero attached hydrogens (tertiary/aromatic N) is 2. The fraction of sp³-hybridized carbons (Fsp3) is 0.462. The molecule has 3 aromatic rings. The Morgan fingerprint density at radius 2 is 1.55 bits per heavy atom. The topological polar surface area (TPSA) is 253 Å². The van der Waals surface area contributed by atoms with Gasteiger partial charge in [-0.1, -0.05) is 45.0 Å². The molecular formula is C52H62N6O13. The van der Waals surface area contributed by atoms with Crippen LogP contribution in [0.1, 0.15) is 123 Å². The summed E-state index contributed by atoms with van der Waals surface area (Å²) in [5.41, 5.74) is 1.08. The van der Waals surface area contributed by atoms with Crippen molar-refractivity contribution >= 4 is 64.5 Å². The summed E-state index contributed by atoms with van der Waals surface area (Å²) >= 11 is 0. The number of carbonyl (C=O) groups is 10. The van der Waals surface area contributed by atoms with Gasteiger partial charge in [0.2, 0.25) is 17.6 Å². The molecule has 0 bridgehead atoms. The number of ketones is 2. The third-order valence-electron chi connectivity index (χ3n) is 13.3. The molecule has 378 valence electrons. The lowest BCUT2D eigenvalue weighted by Gasteiger charge is -2.36. The second kappa shape index (κ2) is 23.9. The van der Waals surface area contributed by atoms with E-state index in [0.29, 0.717) is 68.7 Å². The number of rotatable bonds is 22. The molecule has 3 aliphatic rings. The van der Waals surface area contributed by atoms with E-state index in [1.807, 2.05) is 31.2 Å². The van der Waals surface area contributed by atoms with Crippen LogP contribution in [0.25, 0.3) is 0 Å². The number of carbonyl (C=O) groups excluding carboxylic acids is 10. The SMILES string of the molecule is CCC(C)(C)C(=O)C(=O)N1CCCC[C@H]1C(=O)C[C@H](CCc1ccc(OC)c(OC)c1)c1cccc(NC(=O)C(=O)NCCCCNC(=O)COc2cccc3c2C(=O)N(C2CCC(=O)NC2=O)C3=O)c1. The highest BCUT2D eigenvalue weighted by atomic mass is 16.5. The average Bonchev–Trinajstić information content (AvgIpc) is 3.63. The van der Waals surface area contributed by atoms with Crippen molar-refractivity contribution in [3.8, 4) is 17.2 Å². The number of nitrogens with one attached hydrogen (secondary N) is 4. The normalized spacial score (nSPS) is 17.1. The summed E-state index contributed by atoms with van der Waals surface area (Å²) in [7, 11) is 3.10. The van der Waals surface area contributed by atoms with Gasteiger partial charge >= 0.3 is 11.8 Å². The average molecular weight is 979 g/mol. The van der Waals surface area contributed by atoms with Crippen molar-refractivity contribution in [3.63, 3.8) is 0 Å². The molecule has 6 rings (SSSR count). The molecule has 0 aromatic heterocycles. The van der Waals surface area contributed by atoms with Crippen LogP contribution in [0, 0.1) is 5.41 Å². The molecule has 1 unspecified atom stereocenters. The Kier molecular flexibility index (Phi) is 17.8. The van der Waals surface area contributed by atoms with Crippen LogP contribution < -0.4 is 35.5 Å². The number of methoxy groups -OCH3 is 2. The maximum absolute atomic E-state index is 14.3. The van der Waals surface area contributed by atoms with E-state index in [1.165, 1.54) is 23.1 Å². The lowest BCUT2D eigenvalue weighted by atomic mass is 9.82. The van der Waals surface area contributed by atoms with Crippen molar-refractivity contribution in [1.29, 1.82) is 0 Å². The first-order valence-corrected chi connectivity index (χ1v) is 24.0. The van der Waals surface area contributed by atoms with Crippen molar-refractivity contribution < 1.29 is 62.2 Å². The monoisotopic (exact) mass is 978 g/mol. The van der Waals surface area contributed by atoms with Gasteiger partial charge < -0.3 is 35.1 Å². The molecule has 3 aliphatic heterocycles. The number of amides is 8. The third-order valence-corrected chi connectivity index (χ3v) is 13.3. The number of Topliss-reactive ketones (excluding diaryl/α,β-unsaturated/α-hetero) is 2. The Balaban J connectivity index is 0.999. The molecule has 4 N–H and O–H groups in total. The standard InChI is InChI=1S/C52H62N6O13/c1-6-52(2,3)45(62)51(68)57-26-10-7-16-36(57)38(59)29-33(20-18-31-19-22-39(69-4)41(27-31)70-5)32-13-11-14-34(28-32)55-48(65)47(64)54-25-9-8-24-53-43(61)30-71-40-17-12-15-35-44(40)50(67)58(49(35)66)37-21-23-42(60)56-46(37)63/h11-15,17,19,22,27-28,33,36-37H,6-10,16,18,20-21,23-26,29-30H2,1-5H3,(H,53,61)(H,54,64)(H,55,65)(H,56,60,63)/t33-,36-,37?/m0/s1. The number of ether oxygens (including phenoxy) is 3. The van der Waals surface area contributed by atoms with Gasteiger partial charge in [0.15, 0.2) is 23.9 Å². The number of likely N-dealkylation sites (tertiary alicyclic amines) is 1. The van der Waals surface area contributed by atoms with Gasteiger partial charge in [0.1, 0.15) is 11.8 Å². The summed E-state index contributed by atoms with van der Waals surface area (Å²) in [6.45, 7) is 5.48. The minimum Gasteiger partial charge on any atom is -0.493 e. The maximum Gasteiger partial charge on any atom is 0.313 e. The van der Waals surface area contributed by atoms with Crippen LogP contribution in [0.5, 0.6) is 17.2 Å². The zero-order valence-electron chi connectivity index (χ0n) is 40.8. The number of hydrogen-bond acceptors (Lipinski definition) is 13. The Morgan fingerprint density at radius 1 is 0.817 bits per heavy atom. The van der Waals surface area contributed by atoms with Gasteiger partial charge in [-0.3, -0.25) is 58.2 Å². The highest BCUT2D eigenvalue weighted by Gasteiger charge is 2.46. The number of anilines is 1. The first-order valence-electron chi connectivity index (χ1n) is 24.0. The van der Waals surface area contributed by atoms with Crippen LogP contribution in [-0.4, -0.2) is 121 Å². The van der Waals surface area contributed by atoms with Gasteiger partial charge in [-0.25, -0.2) is 0 Å². The Morgan fingerprint density at radius 3 is 2.27 bits per heavy atom. The van der Waals surface area contributed by atoms with Crippen molar-refractivity contribution in [3.05, 3.63) is 82.9 Å². The molecule has 71 heavy (non-hydrogen) atoms. The maximum atomic E-state index is 14.3.